The summed E-state index contributed by atoms with van der Waals surface area (Å²) in [6, 6.07) is 7.91. The van der Waals surface area contributed by atoms with Gasteiger partial charge in [0.15, 0.2) is 0 Å². The van der Waals surface area contributed by atoms with E-state index in [2.05, 4.69) is 6.07 Å². The van der Waals surface area contributed by atoms with Crippen LogP contribution in [0, 0.1) is 0 Å². The standard InChI is InChI=1S/C12H15ClO2/c13-11-5-2-1-4-10(11)12(6-3-7-14)8-15-9-12/h1-2,4-5,14H,3,6-9H2. The number of halogens is 1. The number of benzene rings is 1. The second kappa shape index (κ2) is 4.52. The molecule has 1 aliphatic rings. The zero-order valence-electron chi connectivity index (χ0n) is 8.58. The van der Waals surface area contributed by atoms with Crippen LogP contribution in [-0.2, 0) is 10.2 Å². The Morgan fingerprint density at radius 2 is 2.07 bits per heavy atom. The van der Waals surface area contributed by atoms with E-state index in [4.69, 9.17) is 21.4 Å². The van der Waals surface area contributed by atoms with Crippen LogP contribution in [0.15, 0.2) is 24.3 Å². The summed E-state index contributed by atoms with van der Waals surface area (Å²) in [7, 11) is 0. The average molecular weight is 227 g/mol. The van der Waals surface area contributed by atoms with Crippen LogP contribution in [0.3, 0.4) is 0 Å². The molecule has 0 saturated carbocycles. The van der Waals surface area contributed by atoms with Crippen LogP contribution >= 0.6 is 11.6 Å². The van der Waals surface area contributed by atoms with Crippen molar-refractivity contribution >= 4 is 11.6 Å². The van der Waals surface area contributed by atoms with E-state index in [9.17, 15) is 0 Å². The number of aliphatic hydroxyl groups excluding tert-OH is 1. The van der Waals surface area contributed by atoms with Crippen molar-refractivity contribution in [3.63, 3.8) is 0 Å². The molecule has 0 aromatic heterocycles. The quantitative estimate of drug-likeness (QED) is 0.854. The monoisotopic (exact) mass is 226 g/mol. The normalized spacial score (nSPS) is 18.5. The summed E-state index contributed by atoms with van der Waals surface area (Å²) in [5, 5.41) is 9.70. The van der Waals surface area contributed by atoms with Gasteiger partial charge in [-0.05, 0) is 24.5 Å². The third kappa shape index (κ3) is 2.03. The van der Waals surface area contributed by atoms with Crippen molar-refractivity contribution in [1.29, 1.82) is 0 Å². The molecule has 0 amide bonds. The van der Waals surface area contributed by atoms with Gasteiger partial charge in [-0.2, -0.15) is 0 Å². The Morgan fingerprint density at radius 1 is 1.33 bits per heavy atom. The van der Waals surface area contributed by atoms with Crippen LogP contribution in [0.1, 0.15) is 18.4 Å². The van der Waals surface area contributed by atoms with Crippen molar-refractivity contribution in [3.8, 4) is 0 Å². The molecule has 1 N–H and O–H groups in total. The molecular weight excluding hydrogens is 212 g/mol. The molecule has 1 heterocycles. The second-order valence-electron chi connectivity index (χ2n) is 4.08. The Hall–Kier alpha value is -0.570. The van der Waals surface area contributed by atoms with Crippen molar-refractivity contribution in [1.82, 2.24) is 0 Å². The minimum atomic E-state index is 0.0427. The van der Waals surface area contributed by atoms with Crippen molar-refractivity contribution < 1.29 is 9.84 Å². The van der Waals surface area contributed by atoms with Gasteiger partial charge in [0.2, 0.25) is 0 Å². The molecule has 15 heavy (non-hydrogen) atoms. The fourth-order valence-corrected chi connectivity index (χ4v) is 2.43. The van der Waals surface area contributed by atoms with E-state index in [1.54, 1.807) is 0 Å². The SMILES string of the molecule is OCCCC1(c2ccccc2Cl)COC1. The third-order valence-electron chi connectivity index (χ3n) is 3.02. The molecule has 1 aromatic rings. The first-order chi connectivity index (χ1) is 7.28. The van der Waals surface area contributed by atoms with Crippen molar-refractivity contribution in [2.24, 2.45) is 0 Å². The molecule has 1 saturated heterocycles. The van der Waals surface area contributed by atoms with Crippen LogP contribution < -0.4 is 0 Å². The molecule has 0 atom stereocenters. The van der Waals surface area contributed by atoms with E-state index in [1.165, 1.54) is 0 Å². The Morgan fingerprint density at radius 3 is 2.60 bits per heavy atom. The lowest BCUT2D eigenvalue weighted by molar-refractivity contribution is -0.0664. The highest BCUT2D eigenvalue weighted by atomic mass is 35.5. The van der Waals surface area contributed by atoms with E-state index < -0.39 is 0 Å². The largest absolute Gasteiger partial charge is 0.396 e. The Balaban J connectivity index is 2.22. The van der Waals surface area contributed by atoms with Gasteiger partial charge in [0, 0.05) is 17.0 Å². The molecule has 0 spiro atoms. The number of aliphatic hydroxyl groups is 1. The first kappa shape index (κ1) is 10.9. The van der Waals surface area contributed by atoms with Crippen molar-refractivity contribution in [3.05, 3.63) is 34.9 Å². The van der Waals surface area contributed by atoms with Gasteiger partial charge in [-0.1, -0.05) is 29.8 Å². The van der Waals surface area contributed by atoms with E-state index >= 15 is 0 Å². The Labute approximate surface area is 94.8 Å². The lowest BCUT2D eigenvalue weighted by Gasteiger charge is -2.42. The van der Waals surface area contributed by atoms with E-state index in [0.29, 0.717) is 0 Å². The summed E-state index contributed by atoms with van der Waals surface area (Å²) in [5.41, 5.74) is 1.20. The predicted octanol–water partition coefficient (Wildman–Crippen LogP) is 2.38. The van der Waals surface area contributed by atoms with Crippen molar-refractivity contribution in [2.45, 2.75) is 18.3 Å². The fourth-order valence-electron chi connectivity index (χ4n) is 2.09. The molecule has 1 aliphatic heterocycles. The van der Waals surface area contributed by atoms with Crippen LogP contribution in [0.4, 0.5) is 0 Å². The van der Waals surface area contributed by atoms with E-state index in [1.807, 2.05) is 18.2 Å². The number of hydrogen-bond acceptors (Lipinski definition) is 2. The summed E-state index contributed by atoms with van der Waals surface area (Å²) in [5.74, 6) is 0. The van der Waals surface area contributed by atoms with E-state index in [0.717, 1.165) is 36.6 Å². The van der Waals surface area contributed by atoms with Gasteiger partial charge in [0.1, 0.15) is 0 Å². The van der Waals surface area contributed by atoms with Crippen LogP contribution in [-0.4, -0.2) is 24.9 Å². The first-order valence-electron chi connectivity index (χ1n) is 5.22. The Bertz CT molecular complexity index is 334. The van der Waals surface area contributed by atoms with Gasteiger partial charge in [0.25, 0.3) is 0 Å². The molecule has 3 heteroatoms. The molecule has 0 radical (unpaired) electrons. The first-order valence-corrected chi connectivity index (χ1v) is 5.60. The molecule has 82 valence electrons. The number of hydrogen-bond donors (Lipinski definition) is 1. The predicted molar refractivity (Wildman–Crippen MR) is 60.3 cm³/mol. The minimum Gasteiger partial charge on any atom is -0.396 e. The highest BCUT2D eigenvalue weighted by molar-refractivity contribution is 6.31. The fraction of sp³-hybridized carbons (Fsp3) is 0.500. The zero-order valence-corrected chi connectivity index (χ0v) is 9.33. The summed E-state index contributed by atoms with van der Waals surface area (Å²) in [6.45, 7) is 1.67. The molecule has 2 rings (SSSR count). The van der Waals surface area contributed by atoms with Gasteiger partial charge in [-0.25, -0.2) is 0 Å². The van der Waals surface area contributed by atoms with Gasteiger partial charge in [-0.15, -0.1) is 0 Å². The van der Waals surface area contributed by atoms with Gasteiger partial charge >= 0.3 is 0 Å². The highest BCUT2D eigenvalue weighted by Crippen LogP contribution is 2.40. The molecule has 0 unspecified atom stereocenters. The zero-order chi connectivity index (χ0) is 10.7. The molecule has 2 nitrogen and oxygen atoms in total. The summed E-state index contributed by atoms with van der Waals surface area (Å²) in [6.07, 6.45) is 1.74. The Kier molecular flexibility index (Phi) is 3.29. The van der Waals surface area contributed by atoms with Gasteiger partial charge < -0.3 is 9.84 Å². The van der Waals surface area contributed by atoms with Crippen LogP contribution in [0.25, 0.3) is 0 Å². The maximum absolute atomic E-state index is 8.89. The smallest absolute Gasteiger partial charge is 0.0586 e. The minimum absolute atomic E-state index is 0.0427. The van der Waals surface area contributed by atoms with Crippen LogP contribution in [0.5, 0.6) is 0 Å². The highest BCUT2D eigenvalue weighted by Gasteiger charge is 2.40. The third-order valence-corrected chi connectivity index (χ3v) is 3.34. The average Bonchev–Trinajstić information content (AvgIpc) is 2.19. The lowest BCUT2D eigenvalue weighted by Crippen LogP contribution is -2.47. The summed E-state index contributed by atoms with van der Waals surface area (Å²) >= 11 is 6.18. The number of ether oxygens (including phenoxy) is 1. The van der Waals surface area contributed by atoms with Gasteiger partial charge in [-0.3, -0.25) is 0 Å². The molecule has 1 fully saturated rings. The lowest BCUT2D eigenvalue weighted by atomic mass is 9.75. The summed E-state index contributed by atoms with van der Waals surface area (Å²) in [4.78, 5) is 0. The topological polar surface area (TPSA) is 29.5 Å². The number of rotatable bonds is 4. The van der Waals surface area contributed by atoms with Gasteiger partial charge in [0.05, 0.1) is 13.2 Å². The maximum Gasteiger partial charge on any atom is 0.0586 e. The molecular formula is C12H15ClO2. The second-order valence-corrected chi connectivity index (χ2v) is 4.49. The van der Waals surface area contributed by atoms with E-state index in [-0.39, 0.29) is 12.0 Å². The molecule has 0 bridgehead atoms. The van der Waals surface area contributed by atoms with Crippen LogP contribution in [0.2, 0.25) is 5.02 Å². The van der Waals surface area contributed by atoms with Crippen molar-refractivity contribution in [2.75, 3.05) is 19.8 Å². The summed E-state index contributed by atoms with van der Waals surface area (Å²) < 4.78 is 5.30. The maximum atomic E-state index is 8.89. The molecule has 0 aliphatic carbocycles. The molecule has 1 aromatic carbocycles.